The summed E-state index contributed by atoms with van der Waals surface area (Å²) in [5.41, 5.74) is 0. The summed E-state index contributed by atoms with van der Waals surface area (Å²) in [6.45, 7) is 1.72. The normalized spacial score (nSPS) is 11.5. The van der Waals surface area contributed by atoms with Crippen LogP contribution in [0.15, 0.2) is 17.3 Å². The van der Waals surface area contributed by atoms with Crippen molar-refractivity contribution in [3.8, 4) is 0 Å². The Morgan fingerprint density at radius 3 is 2.80 bits per heavy atom. The van der Waals surface area contributed by atoms with E-state index in [0.717, 1.165) is 0 Å². The molecule has 0 spiro atoms. The zero-order chi connectivity index (χ0) is 11.5. The fourth-order valence-corrected chi connectivity index (χ4v) is 1.82. The number of carboxylic acids is 1. The minimum atomic E-state index is -3.76. The molecule has 0 radical (unpaired) electrons. The summed E-state index contributed by atoms with van der Waals surface area (Å²) in [5, 5.41) is 12.1. The van der Waals surface area contributed by atoms with Crippen LogP contribution in [0.3, 0.4) is 0 Å². The molecule has 0 unspecified atom stereocenters. The van der Waals surface area contributed by atoms with Crippen LogP contribution in [0.25, 0.3) is 0 Å². The van der Waals surface area contributed by atoms with Crippen LogP contribution in [0.4, 0.5) is 0 Å². The summed E-state index contributed by atoms with van der Waals surface area (Å²) in [7, 11) is -3.76. The van der Waals surface area contributed by atoms with E-state index in [4.69, 9.17) is 5.11 Å². The second-order valence-electron chi connectivity index (χ2n) is 2.75. The van der Waals surface area contributed by atoms with E-state index in [1.807, 2.05) is 11.6 Å². The van der Waals surface area contributed by atoms with Crippen molar-refractivity contribution < 1.29 is 18.3 Å². The van der Waals surface area contributed by atoms with E-state index in [2.05, 4.69) is 5.10 Å². The van der Waals surface area contributed by atoms with E-state index in [0.29, 0.717) is 6.54 Å². The van der Waals surface area contributed by atoms with Crippen LogP contribution in [0.2, 0.25) is 0 Å². The van der Waals surface area contributed by atoms with Gasteiger partial charge in [-0.2, -0.15) is 9.82 Å². The maximum atomic E-state index is 11.4. The van der Waals surface area contributed by atoms with Gasteiger partial charge in [-0.25, -0.2) is 8.42 Å². The van der Waals surface area contributed by atoms with Crippen molar-refractivity contribution in [3.63, 3.8) is 0 Å². The molecule has 0 aliphatic rings. The fourth-order valence-electron chi connectivity index (χ4n) is 0.896. The van der Waals surface area contributed by atoms with Gasteiger partial charge in [0.05, 0.1) is 6.20 Å². The SMILES string of the molecule is CCn1cc(S(=O)(=O)NCC(=O)O)cn1. The number of rotatable bonds is 5. The number of hydrogen-bond donors (Lipinski definition) is 2. The standard InChI is InChI=1S/C7H11N3O4S/c1-2-10-5-6(3-8-10)15(13,14)9-4-7(11)12/h3,5,9H,2,4H2,1H3,(H,11,12). The average molecular weight is 233 g/mol. The minimum Gasteiger partial charge on any atom is -0.480 e. The van der Waals surface area contributed by atoms with Gasteiger partial charge in [0.15, 0.2) is 0 Å². The minimum absolute atomic E-state index is 0.0365. The zero-order valence-electron chi connectivity index (χ0n) is 8.04. The van der Waals surface area contributed by atoms with Gasteiger partial charge in [-0.3, -0.25) is 9.48 Å². The lowest BCUT2D eigenvalue weighted by Gasteiger charge is -2.00. The first-order chi connectivity index (χ1) is 6.95. The number of hydrogen-bond acceptors (Lipinski definition) is 4. The first-order valence-corrected chi connectivity index (χ1v) is 5.68. The van der Waals surface area contributed by atoms with Crippen LogP contribution in [-0.4, -0.2) is 35.8 Å². The fraction of sp³-hybridized carbons (Fsp3) is 0.429. The predicted molar refractivity (Wildman–Crippen MR) is 50.7 cm³/mol. The van der Waals surface area contributed by atoms with Gasteiger partial charge in [-0.15, -0.1) is 0 Å². The number of nitrogens with one attached hydrogen (secondary N) is 1. The highest BCUT2D eigenvalue weighted by atomic mass is 32.2. The molecule has 0 amide bonds. The summed E-state index contributed by atoms with van der Waals surface area (Å²) in [6, 6.07) is 0. The van der Waals surface area contributed by atoms with Crippen LogP contribution in [0.5, 0.6) is 0 Å². The first-order valence-electron chi connectivity index (χ1n) is 4.19. The molecule has 1 aromatic heterocycles. The Balaban J connectivity index is 2.81. The lowest BCUT2D eigenvalue weighted by molar-refractivity contribution is -0.135. The third kappa shape index (κ3) is 3.03. The zero-order valence-corrected chi connectivity index (χ0v) is 8.86. The molecule has 1 rings (SSSR count). The highest BCUT2D eigenvalue weighted by Gasteiger charge is 2.16. The van der Waals surface area contributed by atoms with Crippen molar-refractivity contribution in [2.24, 2.45) is 0 Å². The highest BCUT2D eigenvalue weighted by molar-refractivity contribution is 7.89. The van der Waals surface area contributed by atoms with Gasteiger partial charge in [-0.05, 0) is 6.92 Å². The van der Waals surface area contributed by atoms with Crippen LogP contribution in [-0.2, 0) is 21.4 Å². The Morgan fingerprint density at radius 2 is 2.33 bits per heavy atom. The lowest BCUT2D eigenvalue weighted by Crippen LogP contribution is -2.29. The highest BCUT2D eigenvalue weighted by Crippen LogP contribution is 2.05. The average Bonchev–Trinajstić information content (AvgIpc) is 2.63. The van der Waals surface area contributed by atoms with Gasteiger partial charge in [0.1, 0.15) is 11.4 Å². The Labute approximate surface area is 86.8 Å². The molecule has 15 heavy (non-hydrogen) atoms. The van der Waals surface area contributed by atoms with Gasteiger partial charge in [0.25, 0.3) is 0 Å². The summed E-state index contributed by atoms with van der Waals surface area (Å²) in [6.07, 6.45) is 2.51. The second-order valence-corrected chi connectivity index (χ2v) is 4.52. The smallest absolute Gasteiger partial charge is 0.318 e. The third-order valence-corrected chi connectivity index (χ3v) is 3.01. The van der Waals surface area contributed by atoms with Gasteiger partial charge in [0.2, 0.25) is 10.0 Å². The maximum Gasteiger partial charge on any atom is 0.318 e. The summed E-state index contributed by atoms with van der Waals surface area (Å²) >= 11 is 0. The largest absolute Gasteiger partial charge is 0.480 e. The number of carboxylic acid groups (broad SMARTS) is 1. The number of sulfonamides is 1. The summed E-state index contributed by atoms with van der Waals surface area (Å²) in [4.78, 5) is 10.2. The van der Waals surface area contributed by atoms with Crippen molar-refractivity contribution >= 4 is 16.0 Å². The van der Waals surface area contributed by atoms with Crippen LogP contribution in [0, 0.1) is 0 Å². The lowest BCUT2D eigenvalue weighted by atomic mass is 10.7. The number of aromatic nitrogens is 2. The van der Waals surface area contributed by atoms with Gasteiger partial charge >= 0.3 is 5.97 Å². The molecule has 0 aliphatic carbocycles. The molecule has 84 valence electrons. The van der Waals surface area contributed by atoms with Gasteiger partial charge in [-0.1, -0.05) is 0 Å². The van der Waals surface area contributed by atoms with E-state index >= 15 is 0 Å². The quantitative estimate of drug-likeness (QED) is 0.698. The molecule has 0 fully saturated rings. The van der Waals surface area contributed by atoms with Crippen molar-refractivity contribution in [3.05, 3.63) is 12.4 Å². The summed E-state index contributed by atoms with van der Waals surface area (Å²) < 4.78 is 26.2. The summed E-state index contributed by atoms with van der Waals surface area (Å²) in [5.74, 6) is -1.23. The van der Waals surface area contributed by atoms with Gasteiger partial charge in [0, 0.05) is 12.7 Å². The topological polar surface area (TPSA) is 101 Å². The Bertz CT molecular complexity index is 451. The van der Waals surface area contributed by atoms with E-state index in [9.17, 15) is 13.2 Å². The van der Waals surface area contributed by atoms with Crippen molar-refractivity contribution in [2.75, 3.05) is 6.54 Å². The van der Waals surface area contributed by atoms with Crippen molar-refractivity contribution in [1.82, 2.24) is 14.5 Å². The maximum absolute atomic E-state index is 11.4. The molecule has 7 nitrogen and oxygen atoms in total. The molecular formula is C7H11N3O4S. The predicted octanol–water partition coefficient (Wildman–Crippen LogP) is -0.734. The van der Waals surface area contributed by atoms with E-state index in [-0.39, 0.29) is 4.90 Å². The first kappa shape index (κ1) is 11.7. The molecule has 0 atom stereocenters. The van der Waals surface area contributed by atoms with Crippen molar-refractivity contribution in [1.29, 1.82) is 0 Å². The number of nitrogens with zero attached hydrogens (tertiary/aromatic N) is 2. The van der Waals surface area contributed by atoms with E-state index in [1.54, 1.807) is 0 Å². The Morgan fingerprint density at radius 1 is 1.67 bits per heavy atom. The third-order valence-electron chi connectivity index (χ3n) is 1.66. The molecule has 0 saturated carbocycles. The molecule has 0 saturated heterocycles. The Kier molecular flexibility index (Phi) is 3.43. The van der Waals surface area contributed by atoms with Crippen molar-refractivity contribution in [2.45, 2.75) is 18.4 Å². The van der Waals surface area contributed by atoms with Crippen LogP contribution < -0.4 is 4.72 Å². The molecule has 8 heteroatoms. The monoisotopic (exact) mass is 233 g/mol. The molecule has 0 aliphatic heterocycles. The Hall–Kier alpha value is -1.41. The van der Waals surface area contributed by atoms with E-state index < -0.39 is 22.5 Å². The number of aliphatic carboxylic acids is 1. The van der Waals surface area contributed by atoms with Crippen LogP contribution in [0.1, 0.15) is 6.92 Å². The molecule has 1 aromatic rings. The van der Waals surface area contributed by atoms with E-state index in [1.165, 1.54) is 17.1 Å². The number of carbonyl (C=O) groups is 1. The van der Waals surface area contributed by atoms with Gasteiger partial charge < -0.3 is 5.11 Å². The molecule has 0 bridgehead atoms. The molecule has 1 heterocycles. The molecule has 2 N–H and O–H groups in total. The molecular weight excluding hydrogens is 222 g/mol. The second kappa shape index (κ2) is 4.41. The molecule has 0 aromatic carbocycles. The van der Waals surface area contributed by atoms with Crippen LogP contribution >= 0.6 is 0 Å². The number of aryl methyl sites for hydroxylation is 1.